The minimum absolute atomic E-state index is 0.0327. The average molecular weight is 212 g/mol. The first kappa shape index (κ1) is 11.4. The van der Waals surface area contributed by atoms with Gasteiger partial charge < -0.3 is 14.9 Å². The Balaban J connectivity index is 1.82. The minimum Gasteiger partial charge on any atom is -0.393 e. The highest BCUT2D eigenvalue weighted by atomic mass is 16.3. The fraction of sp³-hybridized carbons (Fsp3) is 1.00. The van der Waals surface area contributed by atoms with E-state index in [-0.39, 0.29) is 6.10 Å². The molecule has 15 heavy (non-hydrogen) atoms. The molecule has 2 aliphatic heterocycles. The maximum atomic E-state index is 9.49. The lowest BCUT2D eigenvalue weighted by Crippen LogP contribution is -2.43. The molecule has 2 heterocycles. The van der Waals surface area contributed by atoms with Gasteiger partial charge in [0.1, 0.15) is 0 Å². The first-order valence-corrected chi connectivity index (χ1v) is 6.36. The summed E-state index contributed by atoms with van der Waals surface area (Å²) in [4.78, 5) is 5.05. The molecule has 0 amide bonds. The molecule has 2 saturated heterocycles. The van der Waals surface area contributed by atoms with E-state index in [9.17, 15) is 5.11 Å². The molecule has 88 valence electrons. The molecule has 1 atom stereocenters. The first-order chi connectivity index (χ1) is 7.25. The Bertz CT molecular complexity index is 190. The van der Waals surface area contributed by atoms with Crippen LogP contribution in [-0.2, 0) is 0 Å². The molecule has 0 radical (unpaired) electrons. The Kier molecular flexibility index (Phi) is 4.00. The Hall–Kier alpha value is -0.120. The van der Waals surface area contributed by atoms with E-state index >= 15 is 0 Å². The van der Waals surface area contributed by atoms with Crippen LogP contribution >= 0.6 is 0 Å². The van der Waals surface area contributed by atoms with Crippen molar-refractivity contribution >= 4 is 0 Å². The summed E-state index contributed by atoms with van der Waals surface area (Å²) in [5.41, 5.74) is 0. The van der Waals surface area contributed by atoms with Crippen LogP contribution in [0.3, 0.4) is 0 Å². The maximum Gasteiger partial charge on any atom is 0.0564 e. The van der Waals surface area contributed by atoms with Crippen molar-refractivity contribution in [3.63, 3.8) is 0 Å². The summed E-state index contributed by atoms with van der Waals surface area (Å²) in [6.07, 6.45) is 5.92. The molecular weight excluding hydrogens is 188 g/mol. The van der Waals surface area contributed by atoms with Gasteiger partial charge >= 0.3 is 0 Å². The molecule has 0 aromatic heterocycles. The molecule has 2 rings (SSSR count). The second-order valence-corrected chi connectivity index (χ2v) is 5.16. The summed E-state index contributed by atoms with van der Waals surface area (Å²) in [6, 6.07) is 0.780. The van der Waals surface area contributed by atoms with E-state index in [1.54, 1.807) is 0 Å². The Morgan fingerprint density at radius 2 is 1.67 bits per heavy atom. The van der Waals surface area contributed by atoms with Crippen LogP contribution in [0.15, 0.2) is 0 Å². The molecular formula is C12H24N2O. The highest BCUT2D eigenvalue weighted by Gasteiger charge is 2.25. The SMILES string of the molecule is CN1CCCC(N2CCC(O)CC2)CC1. The van der Waals surface area contributed by atoms with Crippen molar-refractivity contribution in [2.75, 3.05) is 33.2 Å². The normalized spacial score (nSPS) is 32.8. The molecule has 2 aliphatic rings. The lowest BCUT2D eigenvalue weighted by atomic mass is 10.0. The van der Waals surface area contributed by atoms with E-state index in [0.29, 0.717) is 0 Å². The summed E-state index contributed by atoms with van der Waals surface area (Å²) in [5, 5.41) is 9.49. The van der Waals surface area contributed by atoms with Crippen molar-refractivity contribution in [2.24, 2.45) is 0 Å². The fourth-order valence-electron chi connectivity index (χ4n) is 2.84. The highest BCUT2D eigenvalue weighted by Crippen LogP contribution is 2.20. The summed E-state index contributed by atoms with van der Waals surface area (Å²) >= 11 is 0. The minimum atomic E-state index is -0.0327. The zero-order valence-electron chi connectivity index (χ0n) is 9.86. The van der Waals surface area contributed by atoms with Gasteiger partial charge in [0.25, 0.3) is 0 Å². The monoisotopic (exact) mass is 212 g/mol. The highest BCUT2D eigenvalue weighted by molar-refractivity contribution is 4.80. The van der Waals surface area contributed by atoms with Crippen molar-refractivity contribution in [3.05, 3.63) is 0 Å². The zero-order valence-corrected chi connectivity index (χ0v) is 9.86. The second-order valence-electron chi connectivity index (χ2n) is 5.16. The van der Waals surface area contributed by atoms with Crippen LogP contribution in [0.1, 0.15) is 32.1 Å². The number of piperidine rings is 1. The standard InChI is InChI=1S/C12H24N2O/c1-13-7-2-3-11(4-8-13)14-9-5-12(15)6-10-14/h11-12,15H,2-10H2,1H3. The van der Waals surface area contributed by atoms with Gasteiger partial charge in [-0.1, -0.05) is 0 Å². The molecule has 0 aromatic carbocycles. The van der Waals surface area contributed by atoms with Gasteiger partial charge in [0, 0.05) is 19.1 Å². The smallest absolute Gasteiger partial charge is 0.0564 e. The summed E-state index contributed by atoms with van der Waals surface area (Å²) in [6.45, 7) is 4.71. The molecule has 0 aliphatic carbocycles. The largest absolute Gasteiger partial charge is 0.393 e. The third kappa shape index (κ3) is 3.16. The summed E-state index contributed by atoms with van der Waals surface area (Å²) < 4.78 is 0. The van der Waals surface area contributed by atoms with E-state index in [1.807, 2.05) is 0 Å². The van der Waals surface area contributed by atoms with Crippen molar-refractivity contribution in [2.45, 2.75) is 44.2 Å². The molecule has 1 unspecified atom stereocenters. The summed E-state index contributed by atoms with van der Waals surface area (Å²) in [5.74, 6) is 0. The van der Waals surface area contributed by atoms with Crippen LogP contribution in [0.25, 0.3) is 0 Å². The van der Waals surface area contributed by atoms with E-state index in [1.165, 1.54) is 32.4 Å². The Morgan fingerprint density at radius 1 is 0.933 bits per heavy atom. The summed E-state index contributed by atoms with van der Waals surface area (Å²) in [7, 11) is 2.22. The fourth-order valence-corrected chi connectivity index (χ4v) is 2.84. The number of hydrogen-bond acceptors (Lipinski definition) is 3. The molecule has 0 spiro atoms. The van der Waals surface area contributed by atoms with Gasteiger partial charge in [-0.15, -0.1) is 0 Å². The van der Waals surface area contributed by atoms with Gasteiger partial charge in [0.15, 0.2) is 0 Å². The van der Waals surface area contributed by atoms with E-state index in [4.69, 9.17) is 0 Å². The molecule has 0 bridgehead atoms. The average Bonchev–Trinajstić information content (AvgIpc) is 2.44. The quantitative estimate of drug-likeness (QED) is 0.700. The number of hydrogen-bond donors (Lipinski definition) is 1. The van der Waals surface area contributed by atoms with Crippen molar-refractivity contribution in [3.8, 4) is 0 Å². The molecule has 3 nitrogen and oxygen atoms in total. The van der Waals surface area contributed by atoms with E-state index in [0.717, 1.165) is 32.0 Å². The van der Waals surface area contributed by atoms with Crippen LogP contribution < -0.4 is 0 Å². The van der Waals surface area contributed by atoms with Gasteiger partial charge in [-0.25, -0.2) is 0 Å². The van der Waals surface area contributed by atoms with Gasteiger partial charge in [0.05, 0.1) is 6.10 Å². The van der Waals surface area contributed by atoms with Crippen molar-refractivity contribution < 1.29 is 5.11 Å². The zero-order chi connectivity index (χ0) is 10.7. The first-order valence-electron chi connectivity index (χ1n) is 6.36. The number of rotatable bonds is 1. The lowest BCUT2D eigenvalue weighted by molar-refractivity contribution is 0.0569. The predicted octanol–water partition coefficient (Wildman–Crippen LogP) is 0.927. The van der Waals surface area contributed by atoms with Gasteiger partial charge in [-0.2, -0.15) is 0 Å². The molecule has 2 fully saturated rings. The molecule has 0 saturated carbocycles. The Labute approximate surface area is 93.1 Å². The topological polar surface area (TPSA) is 26.7 Å². The Morgan fingerprint density at radius 3 is 2.40 bits per heavy atom. The maximum absolute atomic E-state index is 9.49. The number of likely N-dealkylation sites (tertiary alicyclic amines) is 2. The van der Waals surface area contributed by atoms with Crippen molar-refractivity contribution in [1.29, 1.82) is 0 Å². The number of nitrogens with zero attached hydrogens (tertiary/aromatic N) is 2. The van der Waals surface area contributed by atoms with E-state index < -0.39 is 0 Å². The van der Waals surface area contributed by atoms with Gasteiger partial charge in [0.2, 0.25) is 0 Å². The van der Waals surface area contributed by atoms with Gasteiger partial charge in [-0.3, -0.25) is 0 Å². The van der Waals surface area contributed by atoms with Crippen LogP contribution in [0.4, 0.5) is 0 Å². The molecule has 3 heteroatoms. The third-order valence-corrected chi connectivity index (χ3v) is 3.94. The lowest BCUT2D eigenvalue weighted by Gasteiger charge is -2.35. The number of aliphatic hydroxyl groups excluding tert-OH is 1. The molecule has 1 N–H and O–H groups in total. The van der Waals surface area contributed by atoms with Crippen LogP contribution in [0, 0.1) is 0 Å². The van der Waals surface area contributed by atoms with Crippen LogP contribution in [0.2, 0.25) is 0 Å². The number of aliphatic hydroxyl groups is 1. The van der Waals surface area contributed by atoms with Crippen LogP contribution in [0.5, 0.6) is 0 Å². The molecule has 0 aromatic rings. The third-order valence-electron chi connectivity index (χ3n) is 3.94. The van der Waals surface area contributed by atoms with Gasteiger partial charge in [-0.05, 0) is 52.2 Å². The van der Waals surface area contributed by atoms with Crippen LogP contribution in [-0.4, -0.2) is 60.3 Å². The second kappa shape index (κ2) is 5.28. The van der Waals surface area contributed by atoms with E-state index in [2.05, 4.69) is 16.8 Å². The predicted molar refractivity (Wildman–Crippen MR) is 61.9 cm³/mol. The van der Waals surface area contributed by atoms with Crippen molar-refractivity contribution in [1.82, 2.24) is 9.80 Å².